The van der Waals surface area contributed by atoms with E-state index in [9.17, 15) is 0 Å². The van der Waals surface area contributed by atoms with Crippen molar-refractivity contribution in [1.82, 2.24) is 4.90 Å². The average molecular weight is 215 g/mol. The van der Waals surface area contributed by atoms with E-state index in [1.165, 1.54) is 45.1 Å². The lowest BCUT2D eigenvalue weighted by molar-refractivity contribution is 0.173. The summed E-state index contributed by atoms with van der Waals surface area (Å²) in [6, 6.07) is 0. The van der Waals surface area contributed by atoms with Gasteiger partial charge in [-0.15, -0.1) is 0 Å². The van der Waals surface area contributed by atoms with Crippen molar-refractivity contribution in [2.45, 2.75) is 45.4 Å². The number of unbranched alkanes of at least 4 members (excludes halogenated alkanes) is 2. The molecule has 15 heavy (non-hydrogen) atoms. The molecule has 0 unspecified atom stereocenters. The fraction of sp³-hybridized carbons (Fsp3) is 1.00. The molecule has 0 saturated heterocycles. The van der Waals surface area contributed by atoms with Crippen LogP contribution in [0.1, 0.15) is 45.4 Å². The van der Waals surface area contributed by atoms with Crippen LogP contribution in [0, 0.1) is 5.92 Å². The summed E-state index contributed by atoms with van der Waals surface area (Å²) in [7, 11) is 6.09. The maximum atomic E-state index is 5.13. The molecule has 0 rings (SSSR count). The highest BCUT2D eigenvalue weighted by atomic mass is 16.5. The second-order valence-corrected chi connectivity index (χ2v) is 4.71. The molecule has 0 aromatic rings. The van der Waals surface area contributed by atoms with E-state index in [1.807, 2.05) is 0 Å². The average Bonchev–Trinajstić information content (AvgIpc) is 2.21. The van der Waals surface area contributed by atoms with Crippen molar-refractivity contribution < 1.29 is 4.74 Å². The van der Waals surface area contributed by atoms with Gasteiger partial charge >= 0.3 is 0 Å². The molecule has 0 amide bonds. The number of methoxy groups -OCH3 is 1. The summed E-state index contributed by atoms with van der Waals surface area (Å²) in [6.07, 6.45) is 8.02. The van der Waals surface area contributed by atoms with Crippen molar-refractivity contribution >= 4 is 0 Å². The van der Waals surface area contributed by atoms with Gasteiger partial charge in [0.05, 0.1) is 0 Å². The number of hydrogen-bond acceptors (Lipinski definition) is 2. The predicted molar refractivity (Wildman–Crippen MR) is 67.3 cm³/mol. The van der Waals surface area contributed by atoms with Crippen LogP contribution in [0.5, 0.6) is 0 Å². The van der Waals surface area contributed by atoms with Gasteiger partial charge in [-0.3, -0.25) is 0 Å². The topological polar surface area (TPSA) is 12.5 Å². The van der Waals surface area contributed by atoms with Gasteiger partial charge in [0.1, 0.15) is 0 Å². The van der Waals surface area contributed by atoms with Gasteiger partial charge in [0.15, 0.2) is 0 Å². The summed E-state index contributed by atoms with van der Waals surface area (Å²) < 4.78 is 5.13. The molecule has 92 valence electrons. The van der Waals surface area contributed by atoms with Gasteiger partial charge in [-0.05, 0) is 39.4 Å². The minimum atomic E-state index is 0.879. The molecule has 2 heteroatoms. The molecule has 0 aromatic heterocycles. The molecular weight excluding hydrogens is 186 g/mol. The van der Waals surface area contributed by atoms with Crippen LogP contribution in [0.15, 0.2) is 0 Å². The first-order valence-electron chi connectivity index (χ1n) is 6.34. The van der Waals surface area contributed by atoms with E-state index < -0.39 is 0 Å². The summed E-state index contributed by atoms with van der Waals surface area (Å²) in [4.78, 5) is 2.27. The molecule has 0 heterocycles. The zero-order valence-electron chi connectivity index (χ0n) is 11.1. The van der Waals surface area contributed by atoms with Gasteiger partial charge < -0.3 is 9.64 Å². The molecule has 0 bridgehead atoms. The second kappa shape index (κ2) is 10.4. The molecule has 0 aliphatic heterocycles. The number of hydrogen-bond donors (Lipinski definition) is 0. The first-order chi connectivity index (χ1) is 7.20. The smallest absolute Gasteiger partial charge is 0.0464 e. The van der Waals surface area contributed by atoms with Gasteiger partial charge in [-0.1, -0.05) is 32.6 Å². The van der Waals surface area contributed by atoms with Crippen LogP contribution in [-0.2, 0) is 4.74 Å². The van der Waals surface area contributed by atoms with Crippen LogP contribution in [0.25, 0.3) is 0 Å². The molecule has 0 saturated carbocycles. The maximum absolute atomic E-state index is 5.13. The van der Waals surface area contributed by atoms with Crippen LogP contribution in [0.4, 0.5) is 0 Å². The van der Waals surface area contributed by atoms with E-state index in [2.05, 4.69) is 25.9 Å². The van der Waals surface area contributed by atoms with Crippen molar-refractivity contribution in [3.8, 4) is 0 Å². The van der Waals surface area contributed by atoms with Crippen LogP contribution in [-0.4, -0.2) is 39.3 Å². The Balaban J connectivity index is 3.30. The standard InChI is InChI=1S/C13H29NO/c1-5-13(10-12-15-4)9-7-6-8-11-14(2)3/h13H,5-12H2,1-4H3/t13-/m0/s1. The SMILES string of the molecule is CC[C@@H](CCCCCN(C)C)CCOC. The van der Waals surface area contributed by atoms with E-state index in [0.29, 0.717) is 0 Å². The third kappa shape index (κ3) is 10.2. The van der Waals surface area contributed by atoms with Gasteiger partial charge in [0.2, 0.25) is 0 Å². The van der Waals surface area contributed by atoms with Gasteiger partial charge in [0.25, 0.3) is 0 Å². The normalized spacial score (nSPS) is 13.4. The van der Waals surface area contributed by atoms with E-state index in [1.54, 1.807) is 7.11 Å². The summed E-state index contributed by atoms with van der Waals surface area (Å²) >= 11 is 0. The van der Waals surface area contributed by atoms with Crippen LogP contribution >= 0.6 is 0 Å². The molecule has 0 N–H and O–H groups in total. The number of ether oxygens (including phenoxy) is 1. The van der Waals surface area contributed by atoms with E-state index in [0.717, 1.165) is 12.5 Å². The zero-order valence-corrected chi connectivity index (χ0v) is 11.1. The molecule has 1 atom stereocenters. The summed E-state index contributed by atoms with van der Waals surface area (Å²) in [5.74, 6) is 0.879. The fourth-order valence-electron chi connectivity index (χ4n) is 1.87. The van der Waals surface area contributed by atoms with Crippen molar-refractivity contribution in [3.05, 3.63) is 0 Å². The highest BCUT2D eigenvalue weighted by molar-refractivity contribution is 4.58. The first-order valence-corrected chi connectivity index (χ1v) is 6.34. The Bertz CT molecular complexity index is 126. The molecule has 0 aromatic carbocycles. The Morgan fingerprint density at radius 2 is 1.80 bits per heavy atom. The Hall–Kier alpha value is -0.0800. The second-order valence-electron chi connectivity index (χ2n) is 4.71. The lowest BCUT2D eigenvalue weighted by Crippen LogP contribution is -2.12. The minimum Gasteiger partial charge on any atom is -0.385 e. The van der Waals surface area contributed by atoms with E-state index >= 15 is 0 Å². The fourth-order valence-corrected chi connectivity index (χ4v) is 1.87. The molecule has 0 radical (unpaired) electrons. The Kier molecular flexibility index (Phi) is 10.4. The molecular formula is C13H29NO. The van der Waals surface area contributed by atoms with Crippen LogP contribution in [0.2, 0.25) is 0 Å². The van der Waals surface area contributed by atoms with Gasteiger partial charge in [-0.2, -0.15) is 0 Å². The van der Waals surface area contributed by atoms with Crippen LogP contribution < -0.4 is 0 Å². The molecule has 2 nitrogen and oxygen atoms in total. The summed E-state index contributed by atoms with van der Waals surface area (Å²) in [5.41, 5.74) is 0. The van der Waals surface area contributed by atoms with E-state index in [-0.39, 0.29) is 0 Å². The molecule has 0 spiro atoms. The zero-order chi connectivity index (χ0) is 11.5. The molecule has 0 aliphatic carbocycles. The lowest BCUT2D eigenvalue weighted by atomic mass is 9.95. The van der Waals surface area contributed by atoms with Gasteiger partial charge in [-0.25, -0.2) is 0 Å². The van der Waals surface area contributed by atoms with Gasteiger partial charge in [0, 0.05) is 13.7 Å². The maximum Gasteiger partial charge on any atom is 0.0464 e. The Morgan fingerprint density at radius 1 is 1.07 bits per heavy atom. The summed E-state index contributed by atoms with van der Waals surface area (Å²) in [5, 5.41) is 0. The molecule has 0 aliphatic rings. The third-order valence-electron chi connectivity index (χ3n) is 3.03. The predicted octanol–water partition coefficient (Wildman–Crippen LogP) is 3.17. The van der Waals surface area contributed by atoms with Crippen molar-refractivity contribution in [1.29, 1.82) is 0 Å². The monoisotopic (exact) mass is 215 g/mol. The highest BCUT2D eigenvalue weighted by Gasteiger charge is 2.05. The lowest BCUT2D eigenvalue weighted by Gasteiger charge is -2.14. The third-order valence-corrected chi connectivity index (χ3v) is 3.03. The highest BCUT2D eigenvalue weighted by Crippen LogP contribution is 2.17. The Labute approximate surface area is 96.0 Å². The van der Waals surface area contributed by atoms with Crippen molar-refractivity contribution in [2.75, 3.05) is 34.4 Å². The Morgan fingerprint density at radius 3 is 2.33 bits per heavy atom. The number of rotatable bonds is 10. The first kappa shape index (κ1) is 14.9. The minimum absolute atomic E-state index is 0.879. The van der Waals surface area contributed by atoms with E-state index in [4.69, 9.17) is 4.74 Å². The quantitative estimate of drug-likeness (QED) is 0.519. The largest absolute Gasteiger partial charge is 0.385 e. The number of nitrogens with zero attached hydrogens (tertiary/aromatic N) is 1. The van der Waals surface area contributed by atoms with Crippen LogP contribution in [0.3, 0.4) is 0 Å². The summed E-state index contributed by atoms with van der Waals surface area (Å²) in [6.45, 7) is 4.45. The van der Waals surface area contributed by atoms with Crippen molar-refractivity contribution in [2.24, 2.45) is 5.92 Å². The molecule has 0 fully saturated rings. The van der Waals surface area contributed by atoms with Crippen molar-refractivity contribution in [3.63, 3.8) is 0 Å².